The number of cyclic esters (lactones) is 1. The third-order valence-corrected chi connectivity index (χ3v) is 3.73. The number of anilines is 1. The Morgan fingerprint density at radius 3 is 2.83 bits per heavy atom. The molecule has 3 rings (SSSR count). The number of hydrogen-bond acceptors (Lipinski definition) is 6. The Morgan fingerprint density at radius 2 is 2.21 bits per heavy atom. The van der Waals surface area contributed by atoms with Crippen molar-refractivity contribution in [1.29, 1.82) is 0 Å². The molecule has 0 spiro atoms. The maximum atomic E-state index is 12.0. The van der Waals surface area contributed by atoms with Crippen LogP contribution in [-0.4, -0.2) is 40.5 Å². The Labute approximate surface area is 144 Å². The van der Waals surface area contributed by atoms with Gasteiger partial charge < -0.3 is 20.3 Å². The van der Waals surface area contributed by atoms with Gasteiger partial charge in [0.15, 0.2) is 10.9 Å². The van der Waals surface area contributed by atoms with Crippen LogP contribution in [0, 0.1) is 0 Å². The van der Waals surface area contributed by atoms with E-state index in [9.17, 15) is 4.79 Å². The molecule has 0 radical (unpaired) electrons. The number of nitrogens with one attached hydrogen (secondary N) is 1. The Balaban J connectivity index is 1.69. The standard InChI is InChI=1S/C15H17N5O3S/c1-2-12-18-13(23-19-12)9-3-5-10(6-4-9)20-8-11(22-15(20)21)7-17-14(16)24/h3-6,11H,2,7-8H2,1H3,(H3,16,17,24). The van der Waals surface area contributed by atoms with Gasteiger partial charge >= 0.3 is 6.09 Å². The van der Waals surface area contributed by atoms with Crippen molar-refractivity contribution in [1.82, 2.24) is 15.5 Å². The molecule has 2 aromatic rings. The van der Waals surface area contributed by atoms with Gasteiger partial charge in [-0.15, -0.1) is 0 Å². The average Bonchev–Trinajstić information content (AvgIpc) is 3.19. The molecule has 3 N–H and O–H groups in total. The number of ether oxygens (including phenoxy) is 1. The zero-order valence-corrected chi connectivity index (χ0v) is 13.9. The lowest BCUT2D eigenvalue weighted by Crippen LogP contribution is -2.37. The van der Waals surface area contributed by atoms with Crippen LogP contribution >= 0.6 is 12.2 Å². The van der Waals surface area contributed by atoms with Crippen LogP contribution in [-0.2, 0) is 11.2 Å². The highest BCUT2D eigenvalue weighted by Crippen LogP contribution is 2.25. The van der Waals surface area contributed by atoms with Gasteiger partial charge in [-0.3, -0.25) is 4.90 Å². The molecule has 1 amide bonds. The molecule has 1 aliphatic heterocycles. The van der Waals surface area contributed by atoms with Crippen LogP contribution in [0.15, 0.2) is 28.8 Å². The Hall–Kier alpha value is -2.68. The van der Waals surface area contributed by atoms with E-state index in [4.69, 9.17) is 27.2 Å². The fraction of sp³-hybridized carbons (Fsp3) is 0.333. The largest absolute Gasteiger partial charge is 0.442 e. The zero-order valence-electron chi connectivity index (χ0n) is 13.1. The molecule has 8 nitrogen and oxygen atoms in total. The van der Waals surface area contributed by atoms with Crippen molar-refractivity contribution in [3.63, 3.8) is 0 Å². The number of amides is 1. The molecular weight excluding hydrogens is 330 g/mol. The molecule has 1 atom stereocenters. The molecule has 1 aromatic heterocycles. The van der Waals surface area contributed by atoms with Gasteiger partial charge in [-0.2, -0.15) is 4.98 Å². The lowest BCUT2D eigenvalue weighted by atomic mass is 10.2. The van der Waals surface area contributed by atoms with Crippen molar-refractivity contribution >= 4 is 29.1 Å². The number of hydrogen-bond donors (Lipinski definition) is 2. The fourth-order valence-corrected chi connectivity index (χ4v) is 2.44. The molecule has 0 aliphatic carbocycles. The highest BCUT2D eigenvalue weighted by Gasteiger charge is 2.32. The molecule has 1 unspecified atom stereocenters. The van der Waals surface area contributed by atoms with Crippen LogP contribution in [0.3, 0.4) is 0 Å². The van der Waals surface area contributed by atoms with Crippen molar-refractivity contribution in [3.8, 4) is 11.5 Å². The van der Waals surface area contributed by atoms with E-state index in [-0.39, 0.29) is 11.2 Å². The number of carbonyl (C=O) groups is 1. The zero-order chi connectivity index (χ0) is 17.1. The number of rotatable bonds is 5. The third kappa shape index (κ3) is 3.46. The van der Waals surface area contributed by atoms with E-state index in [0.717, 1.165) is 11.3 Å². The monoisotopic (exact) mass is 347 g/mol. The molecule has 2 heterocycles. The molecule has 9 heteroatoms. The average molecular weight is 347 g/mol. The van der Waals surface area contributed by atoms with Crippen molar-refractivity contribution in [2.24, 2.45) is 5.73 Å². The number of aromatic nitrogens is 2. The van der Waals surface area contributed by atoms with Gasteiger partial charge in [0.25, 0.3) is 5.89 Å². The predicted octanol–water partition coefficient (Wildman–Crippen LogP) is 1.46. The first-order valence-corrected chi connectivity index (χ1v) is 7.92. The maximum Gasteiger partial charge on any atom is 0.414 e. The van der Waals surface area contributed by atoms with Crippen LogP contribution in [0.2, 0.25) is 0 Å². The number of nitrogens with two attached hydrogens (primary N) is 1. The summed E-state index contributed by atoms with van der Waals surface area (Å²) in [6, 6.07) is 7.29. The van der Waals surface area contributed by atoms with Gasteiger partial charge in [0.05, 0.1) is 13.1 Å². The number of aryl methyl sites for hydroxylation is 1. The fourth-order valence-electron chi connectivity index (χ4n) is 2.35. The smallest absolute Gasteiger partial charge is 0.414 e. The van der Waals surface area contributed by atoms with Crippen LogP contribution < -0.4 is 16.0 Å². The summed E-state index contributed by atoms with van der Waals surface area (Å²) in [4.78, 5) is 17.8. The minimum absolute atomic E-state index is 0.180. The second-order valence-corrected chi connectivity index (χ2v) is 5.72. The summed E-state index contributed by atoms with van der Waals surface area (Å²) in [5.41, 5.74) is 6.91. The molecule has 126 valence electrons. The summed E-state index contributed by atoms with van der Waals surface area (Å²) in [7, 11) is 0. The third-order valence-electron chi connectivity index (χ3n) is 3.59. The van der Waals surface area contributed by atoms with Gasteiger partial charge in [0.1, 0.15) is 6.10 Å². The minimum atomic E-state index is -0.399. The Bertz CT molecular complexity index is 746. The highest BCUT2D eigenvalue weighted by atomic mass is 32.1. The predicted molar refractivity (Wildman–Crippen MR) is 91.5 cm³/mol. The van der Waals surface area contributed by atoms with Crippen LogP contribution in [0.1, 0.15) is 12.7 Å². The summed E-state index contributed by atoms with van der Waals surface area (Å²) < 4.78 is 10.5. The number of carbonyl (C=O) groups excluding carboxylic acids is 1. The van der Waals surface area contributed by atoms with Gasteiger partial charge in [0, 0.05) is 17.7 Å². The van der Waals surface area contributed by atoms with Crippen LogP contribution in [0.4, 0.5) is 10.5 Å². The lowest BCUT2D eigenvalue weighted by Gasteiger charge is -2.13. The minimum Gasteiger partial charge on any atom is -0.442 e. The topological polar surface area (TPSA) is 107 Å². The first-order chi connectivity index (χ1) is 11.6. The Morgan fingerprint density at radius 1 is 1.46 bits per heavy atom. The second kappa shape index (κ2) is 6.83. The number of nitrogens with zero attached hydrogens (tertiary/aromatic N) is 3. The van der Waals surface area contributed by atoms with E-state index in [1.807, 2.05) is 31.2 Å². The molecule has 0 saturated carbocycles. The van der Waals surface area contributed by atoms with Crippen molar-refractivity contribution in [2.45, 2.75) is 19.4 Å². The molecule has 1 aromatic carbocycles. The van der Waals surface area contributed by atoms with Gasteiger partial charge in [-0.1, -0.05) is 12.1 Å². The van der Waals surface area contributed by atoms with E-state index in [0.29, 0.717) is 31.2 Å². The number of thiocarbonyl (C=S) groups is 1. The summed E-state index contributed by atoms with van der Waals surface area (Å²) in [6.45, 7) is 2.77. The van der Waals surface area contributed by atoms with E-state index in [1.54, 1.807) is 4.90 Å². The van der Waals surface area contributed by atoms with Crippen LogP contribution in [0.25, 0.3) is 11.5 Å². The SMILES string of the molecule is CCc1noc(-c2ccc(N3CC(CNC(N)=S)OC3=O)cc2)n1. The quantitative estimate of drug-likeness (QED) is 0.783. The van der Waals surface area contributed by atoms with Gasteiger partial charge in [-0.25, -0.2) is 4.79 Å². The van der Waals surface area contributed by atoms with Crippen LogP contribution in [0.5, 0.6) is 0 Å². The highest BCUT2D eigenvalue weighted by molar-refractivity contribution is 7.80. The van der Waals surface area contributed by atoms with Crippen molar-refractivity contribution < 1.29 is 14.1 Å². The molecule has 1 fully saturated rings. The molecule has 1 aliphatic rings. The number of benzene rings is 1. The van der Waals surface area contributed by atoms with E-state index in [2.05, 4.69) is 15.5 Å². The summed E-state index contributed by atoms with van der Waals surface area (Å²) in [5.74, 6) is 1.12. The van der Waals surface area contributed by atoms with Crippen molar-refractivity contribution in [2.75, 3.05) is 18.0 Å². The van der Waals surface area contributed by atoms with Gasteiger partial charge in [-0.05, 0) is 36.5 Å². The van der Waals surface area contributed by atoms with E-state index in [1.165, 1.54) is 0 Å². The molecule has 24 heavy (non-hydrogen) atoms. The van der Waals surface area contributed by atoms with E-state index < -0.39 is 6.09 Å². The molecule has 1 saturated heterocycles. The first kappa shape index (κ1) is 16.2. The van der Waals surface area contributed by atoms with Crippen molar-refractivity contribution in [3.05, 3.63) is 30.1 Å². The summed E-state index contributed by atoms with van der Waals surface area (Å²) >= 11 is 4.75. The Kier molecular flexibility index (Phi) is 4.61. The molecule has 0 bridgehead atoms. The maximum absolute atomic E-state index is 12.0. The first-order valence-electron chi connectivity index (χ1n) is 7.51. The normalized spacial score (nSPS) is 17.0. The van der Waals surface area contributed by atoms with E-state index >= 15 is 0 Å². The van der Waals surface area contributed by atoms with Gasteiger partial charge in [0.2, 0.25) is 0 Å². The summed E-state index contributed by atoms with van der Waals surface area (Å²) in [5, 5.41) is 6.85. The lowest BCUT2D eigenvalue weighted by molar-refractivity contribution is 0.143. The summed E-state index contributed by atoms with van der Waals surface area (Å²) in [6.07, 6.45) is 0.00773. The molecular formula is C15H17N5O3S. The second-order valence-electron chi connectivity index (χ2n) is 5.28.